The van der Waals surface area contributed by atoms with Crippen molar-refractivity contribution in [3.63, 3.8) is 0 Å². The summed E-state index contributed by atoms with van der Waals surface area (Å²) in [6, 6.07) is 0. The summed E-state index contributed by atoms with van der Waals surface area (Å²) in [4.78, 5) is 34.0. The van der Waals surface area contributed by atoms with Gasteiger partial charge in [0.2, 0.25) is 0 Å². The molecule has 0 saturated carbocycles. The average Bonchev–Trinajstić information content (AvgIpc) is 2.41. The highest BCUT2D eigenvalue weighted by molar-refractivity contribution is 9.09. The molecule has 126 valence electrons. The van der Waals surface area contributed by atoms with E-state index >= 15 is 0 Å². The molecule has 0 aromatic rings. The van der Waals surface area contributed by atoms with Crippen molar-refractivity contribution in [2.75, 3.05) is 12.4 Å². The molecule has 1 fully saturated rings. The lowest BCUT2D eigenvalue weighted by molar-refractivity contribution is -0.293. The van der Waals surface area contributed by atoms with Gasteiger partial charge in [-0.2, -0.15) is 0 Å². The van der Waals surface area contributed by atoms with Crippen LogP contribution in [0.3, 0.4) is 0 Å². The molecule has 1 aliphatic heterocycles. The number of carbonyl (C=O) groups is 3. The first-order valence-corrected chi connectivity index (χ1v) is 7.68. The van der Waals surface area contributed by atoms with Crippen LogP contribution in [0.4, 0.5) is 0 Å². The van der Waals surface area contributed by atoms with E-state index in [9.17, 15) is 14.4 Å². The van der Waals surface area contributed by atoms with E-state index in [4.69, 9.17) is 23.7 Å². The number of alkyl halides is 1. The van der Waals surface area contributed by atoms with Crippen molar-refractivity contribution in [3.8, 4) is 0 Å². The predicted octanol–water partition coefficient (Wildman–Crippen LogP) is 0.548. The predicted molar refractivity (Wildman–Crippen MR) is 76.1 cm³/mol. The second-order valence-corrected chi connectivity index (χ2v) is 5.30. The van der Waals surface area contributed by atoms with Crippen LogP contribution >= 0.6 is 15.9 Å². The summed E-state index contributed by atoms with van der Waals surface area (Å²) in [6.45, 7) is 3.63. The highest BCUT2D eigenvalue weighted by Crippen LogP contribution is 2.29. The second kappa shape index (κ2) is 8.44. The molecule has 0 spiro atoms. The lowest BCUT2D eigenvalue weighted by Gasteiger charge is -2.43. The smallest absolute Gasteiger partial charge is 0.303 e. The van der Waals surface area contributed by atoms with E-state index in [1.54, 1.807) is 0 Å². The largest absolute Gasteiger partial charge is 0.456 e. The fourth-order valence-corrected chi connectivity index (χ4v) is 2.69. The number of ether oxygens (including phenoxy) is 5. The molecule has 0 radical (unpaired) electrons. The monoisotopic (exact) mass is 382 g/mol. The minimum Gasteiger partial charge on any atom is -0.456 e. The Morgan fingerprint density at radius 2 is 1.36 bits per heavy atom. The third-order valence-corrected chi connectivity index (χ3v) is 3.52. The summed E-state index contributed by atoms with van der Waals surface area (Å²) in [5, 5.41) is 0.301. The first kappa shape index (κ1) is 18.9. The van der Waals surface area contributed by atoms with Gasteiger partial charge < -0.3 is 23.7 Å². The zero-order chi connectivity index (χ0) is 16.9. The lowest BCUT2D eigenvalue weighted by Crippen LogP contribution is -2.62. The fourth-order valence-electron chi connectivity index (χ4n) is 2.17. The molecule has 5 atom stereocenters. The molecule has 1 heterocycles. The van der Waals surface area contributed by atoms with Crippen molar-refractivity contribution < 1.29 is 38.1 Å². The number of carbonyl (C=O) groups excluding carboxylic acids is 3. The molecule has 0 aliphatic carbocycles. The van der Waals surface area contributed by atoms with Crippen molar-refractivity contribution >= 4 is 33.8 Å². The van der Waals surface area contributed by atoms with Crippen LogP contribution in [0.15, 0.2) is 0 Å². The summed E-state index contributed by atoms with van der Waals surface area (Å²) < 4.78 is 26.3. The molecule has 0 aromatic carbocycles. The second-order valence-electron chi connectivity index (χ2n) is 4.66. The van der Waals surface area contributed by atoms with E-state index in [1.165, 1.54) is 27.9 Å². The molecule has 1 aliphatic rings. The third kappa shape index (κ3) is 4.92. The van der Waals surface area contributed by atoms with Gasteiger partial charge in [0, 0.05) is 33.2 Å². The van der Waals surface area contributed by atoms with Crippen molar-refractivity contribution in [3.05, 3.63) is 0 Å². The quantitative estimate of drug-likeness (QED) is 0.386. The van der Waals surface area contributed by atoms with Crippen LogP contribution in [0.25, 0.3) is 0 Å². The Kier molecular flexibility index (Phi) is 7.24. The summed E-state index contributed by atoms with van der Waals surface area (Å²) in [5.74, 6) is -1.79. The molecular formula is C13H19BrO8. The fraction of sp³-hybridized carbons (Fsp3) is 0.769. The standard InChI is InChI=1S/C13H19BrO8/c1-6(15)19-10-9(5-14)22-13(18-4)12(21-8(3)17)11(10)20-7(2)16/h9-13H,5H2,1-4H3/t9?,10-,11-,12?,13+/m0/s1. The number of esters is 3. The van der Waals surface area contributed by atoms with Crippen molar-refractivity contribution in [2.45, 2.75) is 51.5 Å². The van der Waals surface area contributed by atoms with E-state index in [2.05, 4.69) is 15.9 Å². The van der Waals surface area contributed by atoms with Crippen molar-refractivity contribution in [1.82, 2.24) is 0 Å². The summed E-state index contributed by atoms with van der Waals surface area (Å²) in [7, 11) is 1.36. The van der Waals surface area contributed by atoms with Crippen LogP contribution in [0, 0.1) is 0 Å². The van der Waals surface area contributed by atoms with Gasteiger partial charge in [0.15, 0.2) is 24.6 Å². The van der Waals surface area contributed by atoms with E-state index in [0.29, 0.717) is 5.33 Å². The zero-order valence-electron chi connectivity index (χ0n) is 12.7. The maximum Gasteiger partial charge on any atom is 0.303 e. The number of hydrogen-bond acceptors (Lipinski definition) is 8. The van der Waals surface area contributed by atoms with Crippen LogP contribution in [-0.2, 0) is 38.1 Å². The topological polar surface area (TPSA) is 97.4 Å². The van der Waals surface area contributed by atoms with E-state index < -0.39 is 48.6 Å². The maximum atomic E-state index is 11.4. The van der Waals surface area contributed by atoms with Gasteiger partial charge in [0.05, 0.1) is 0 Å². The normalized spacial score (nSPS) is 31.2. The van der Waals surface area contributed by atoms with Gasteiger partial charge >= 0.3 is 17.9 Å². The average molecular weight is 383 g/mol. The Hall–Kier alpha value is -1.19. The Bertz CT molecular complexity index is 396. The van der Waals surface area contributed by atoms with Gasteiger partial charge in [0.25, 0.3) is 0 Å². The van der Waals surface area contributed by atoms with Crippen LogP contribution in [0.2, 0.25) is 0 Å². The SMILES string of the molecule is CO[C@@H]1OC(CBr)[C@H](OC(C)=O)[C@H](OC(C)=O)C1OC(C)=O. The molecule has 2 unspecified atom stereocenters. The number of hydrogen-bond donors (Lipinski definition) is 0. The Morgan fingerprint density at radius 1 is 0.909 bits per heavy atom. The van der Waals surface area contributed by atoms with Gasteiger partial charge in [-0.1, -0.05) is 15.9 Å². The zero-order valence-corrected chi connectivity index (χ0v) is 14.3. The van der Waals surface area contributed by atoms with E-state index in [-0.39, 0.29) is 0 Å². The van der Waals surface area contributed by atoms with Gasteiger partial charge in [0.1, 0.15) is 6.10 Å². The first-order valence-electron chi connectivity index (χ1n) is 6.56. The van der Waals surface area contributed by atoms with Gasteiger partial charge in [-0.05, 0) is 0 Å². The summed E-state index contributed by atoms with van der Waals surface area (Å²) >= 11 is 3.24. The molecule has 1 rings (SSSR count). The maximum absolute atomic E-state index is 11.4. The van der Waals surface area contributed by atoms with Crippen LogP contribution in [0.5, 0.6) is 0 Å². The Morgan fingerprint density at radius 3 is 1.77 bits per heavy atom. The van der Waals surface area contributed by atoms with Crippen LogP contribution < -0.4 is 0 Å². The molecule has 0 bridgehead atoms. The molecule has 22 heavy (non-hydrogen) atoms. The molecular weight excluding hydrogens is 364 g/mol. The molecule has 0 aromatic heterocycles. The Balaban J connectivity index is 3.14. The van der Waals surface area contributed by atoms with Gasteiger partial charge in [-0.3, -0.25) is 14.4 Å². The van der Waals surface area contributed by atoms with Crippen LogP contribution in [0.1, 0.15) is 20.8 Å². The van der Waals surface area contributed by atoms with E-state index in [1.807, 2.05) is 0 Å². The molecule has 0 amide bonds. The molecule has 1 saturated heterocycles. The van der Waals surface area contributed by atoms with Crippen molar-refractivity contribution in [1.29, 1.82) is 0 Å². The number of halogens is 1. The lowest BCUT2D eigenvalue weighted by atomic mass is 9.99. The summed E-state index contributed by atoms with van der Waals surface area (Å²) in [5.41, 5.74) is 0. The van der Waals surface area contributed by atoms with Crippen molar-refractivity contribution in [2.24, 2.45) is 0 Å². The highest BCUT2D eigenvalue weighted by Gasteiger charge is 2.51. The Labute approximate surface area is 136 Å². The minimum absolute atomic E-state index is 0.301. The highest BCUT2D eigenvalue weighted by atomic mass is 79.9. The van der Waals surface area contributed by atoms with Gasteiger partial charge in [-0.25, -0.2) is 0 Å². The summed E-state index contributed by atoms with van der Waals surface area (Å²) in [6.07, 6.45) is -4.61. The van der Waals surface area contributed by atoms with Crippen LogP contribution in [-0.4, -0.2) is 61.1 Å². The molecule has 8 nitrogen and oxygen atoms in total. The molecule has 9 heteroatoms. The molecule has 0 N–H and O–H groups in total. The van der Waals surface area contributed by atoms with Gasteiger partial charge in [-0.15, -0.1) is 0 Å². The number of methoxy groups -OCH3 is 1. The number of rotatable bonds is 5. The van der Waals surface area contributed by atoms with E-state index in [0.717, 1.165) is 0 Å². The third-order valence-electron chi connectivity index (χ3n) is 2.88. The minimum atomic E-state index is -1.05. The first-order chi connectivity index (χ1) is 10.3.